The van der Waals surface area contributed by atoms with Gasteiger partial charge in [0.15, 0.2) is 0 Å². The summed E-state index contributed by atoms with van der Waals surface area (Å²) in [4.78, 5) is 4.54. The minimum absolute atomic E-state index is 0.349. The van der Waals surface area contributed by atoms with Crippen LogP contribution in [-0.4, -0.2) is 46.4 Å². The maximum atomic E-state index is 9.94. The van der Waals surface area contributed by atoms with Gasteiger partial charge in [-0.2, -0.15) is 0 Å². The fraction of sp³-hybridized carbons (Fsp3) is 0.500. The lowest BCUT2D eigenvalue weighted by Crippen LogP contribution is -2.46. The molecule has 0 unspecified atom stereocenters. The second kappa shape index (κ2) is 5.61. The highest BCUT2D eigenvalue weighted by molar-refractivity contribution is 5.57. The highest BCUT2D eigenvalue weighted by Gasteiger charge is 2.29. The molecule has 2 heterocycles. The van der Waals surface area contributed by atoms with E-state index in [1.807, 2.05) is 18.2 Å². The summed E-state index contributed by atoms with van der Waals surface area (Å²) in [5.74, 6) is 2.39. The van der Waals surface area contributed by atoms with Crippen molar-refractivity contribution in [3.05, 3.63) is 36.0 Å². The summed E-state index contributed by atoms with van der Waals surface area (Å²) in [6.07, 6.45) is 2.36. The van der Waals surface area contributed by atoms with E-state index in [0.717, 1.165) is 43.6 Å². The van der Waals surface area contributed by atoms with Gasteiger partial charge in [0.05, 0.1) is 12.2 Å². The van der Waals surface area contributed by atoms with Gasteiger partial charge in [0.2, 0.25) is 11.8 Å². The summed E-state index contributed by atoms with van der Waals surface area (Å²) in [6, 6.07) is 7.51. The van der Waals surface area contributed by atoms with Crippen molar-refractivity contribution in [2.45, 2.75) is 25.3 Å². The van der Waals surface area contributed by atoms with E-state index >= 15 is 0 Å². The first-order valence-corrected chi connectivity index (χ1v) is 7.87. The van der Waals surface area contributed by atoms with Crippen LogP contribution in [0.5, 0.6) is 5.75 Å². The van der Waals surface area contributed by atoms with E-state index in [9.17, 15) is 5.11 Å². The second-order valence-corrected chi connectivity index (χ2v) is 6.06. The molecule has 6 nitrogen and oxygen atoms in total. The molecule has 6 heteroatoms. The topological polar surface area (TPSA) is 65.6 Å². The normalized spacial score (nSPS) is 19.5. The van der Waals surface area contributed by atoms with Crippen LogP contribution in [-0.2, 0) is 6.54 Å². The van der Waals surface area contributed by atoms with Crippen LogP contribution in [0.4, 0.5) is 5.69 Å². The van der Waals surface area contributed by atoms with Crippen LogP contribution in [0.15, 0.2) is 28.7 Å². The Bertz CT molecular complexity index is 645. The van der Waals surface area contributed by atoms with E-state index in [1.54, 1.807) is 6.07 Å². The first kappa shape index (κ1) is 13.6. The van der Waals surface area contributed by atoms with Crippen molar-refractivity contribution < 1.29 is 9.52 Å². The molecule has 1 saturated carbocycles. The fourth-order valence-corrected chi connectivity index (χ4v) is 2.90. The molecule has 0 bridgehead atoms. The van der Waals surface area contributed by atoms with Gasteiger partial charge in [0.25, 0.3) is 0 Å². The van der Waals surface area contributed by atoms with Crippen molar-refractivity contribution in [3.63, 3.8) is 0 Å². The number of phenols is 1. The Morgan fingerprint density at radius 3 is 2.59 bits per heavy atom. The number of hydrogen-bond donors (Lipinski definition) is 1. The van der Waals surface area contributed by atoms with Crippen molar-refractivity contribution in [2.75, 3.05) is 31.1 Å². The Hall–Kier alpha value is -2.08. The highest BCUT2D eigenvalue weighted by atomic mass is 16.4. The molecule has 1 aliphatic carbocycles. The Morgan fingerprint density at radius 2 is 1.86 bits per heavy atom. The average Bonchev–Trinajstić information content (AvgIpc) is 3.29. The zero-order chi connectivity index (χ0) is 14.9. The van der Waals surface area contributed by atoms with Crippen LogP contribution in [0.1, 0.15) is 30.5 Å². The lowest BCUT2D eigenvalue weighted by Gasteiger charge is -2.35. The first-order chi connectivity index (χ1) is 10.8. The molecule has 0 spiro atoms. The standard InChI is InChI=1S/C16H20N4O2/c21-14-4-2-1-3-13(14)20-9-7-19(8-10-20)11-15-17-18-16(22-15)12-5-6-12/h1-4,12,21H,5-11H2. The Balaban J connectivity index is 1.34. The molecule has 0 radical (unpaired) electrons. The predicted molar refractivity (Wildman–Crippen MR) is 81.9 cm³/mol. The van der Waals surface area contributed by atoms with Gasteiger partial charge in [-0.05, 0) is 25.0 Å². The summed E-state index contributed by atoms with van der Waals surface area (Å²) in [6.45, 7) is 4.35. The molecule has 1 aliphatic heterocycles. The van der Waals surface area contributed by atoms with E-state index in [0.29, 0.717) is 18.2 Å². The molecule has 2 aliphatic rings. The minimum atomic E-state index is 0.349. The van der Waals surface area contributed by atoms with E-state index < -0.39 is 0 Å². The van der Waals surface area contributed by atoms with Crippen molar-refractivity contribution in [3.8, 4) is 5.75 Å². The molecule has 1 N–H and O–H groups in total. The monoisotopic (exact) mass is 300 g/mol. The molecule has 22 heavy (non-hydrogen) atoms. The SMILES string of the molecule is Oc1ccccc1N1CCN(Cc2nnc(C3CC3)o2)CC1. The average molecular weight is 300 g/mol. The van der Waals surface area contributed by atoms with Gasteiger partial charge >= 0.3 is 0 Å². The van der Waals surface area contributed by atoms with Crippen LogP contribution in [0, 0.1) is 0 Å². The Morgan fingerprint density at radius 1 is 1.09 bits per heavy atom. The summed E-state index contributed by atoms with van der Waals surface area (Å²) in [7, 11) is 0. The van der Waals surface area contributed by atoms with Crippen molar-refractivity contribution in [1.29, 1.82) is 0 Å². The van der Waals surface area contributed by atoms with Gasteiger partial charge in [-0.25, -0.2) is 0 Å². The third-order valence-corrected chi connectivity index (χ3v) is 4.36. The molecule has 0 atom stereocenters. The van der Waals surface area contributed by atoms with E-state index in [-0.39, 0.29) is 0 Å². The number of rotatable bonds is 4. The molecule has 1 aromatic carbocycles. The second-order valence-electron chi connectivity index (χ2n) is 6.06. The number of aromatic nitrogens is 2. The number of anilines is 1. The van der Waals surface area contributed by atoms with E-state index in [4.69, 9.17) is 4.42 Å². The third-order valence-electron chi connectivity index (χ3n) is 4.36. The number of aromatic hydroxyl groups is 1. The van der Waals surface area contributed by atoms with Crippen LogP contribution in [0.3, 0.4) is 0 Å². The Kier molecular flexibility index (Phi) is 3.46. The van der Waals surface area contributed by atoms with Crippen molar-refractivity contribution in [1.82, 2.24) is 15.1 Å². The molecule has 116 valence electrons. The van der Waals surface area contributed by atoms with Gasteiger partial charge in [-0.1, -0.05) is 12.1 Å². The van der Waals surface area contributed by atoms with Crippen LogP contribution in [0.2, 0.25) is 0 Å². The number of para-hydroxylation sites is 2. The predicted octanol–water partition coefficient (Wildman–Crippen LogP) is 1.97. The highest BCUT2D eigenvalue weighted by Crippen LogP contribution is 2.39. The maximum absolute atomic E-state index is 9.94. The summed E-state index contributed by atoms with van der Waals surface area (Å²) < 4.78 is 5.72. The van der Waals surface area contributed by atoms with Gasteiger partial charge in [-0.3, -0.25) is 4.90 Å². The fourth-order valence-electron chi connectivity index (χ4n) is 2.90. The molecule has 4 rings (SSSR count). The first-order valence-electron chi connectivity index (χ1n) is 7.87. The van der Waals surface area contributed by atoms with E-state index in [2.05, 4.69) is 20.0 Å². The largest absolute Gasteiger partial charge is 0.506 e. The molecule has 2 aromatic rings. The number of phenolic OH excluding ortho intramolecular Hbond substituents is 1. The summed E-state index contributed by atoms with van der Waals surface area (Å²) in [5.41, 5.74) is 0.913. The zero-order valence-electron chi connectivity index (χ0n) is 12.5. The molecule has 1 saturated heterocycles. The molecular weight excluding hydrogens is 280 g/mol. The Labute approximate surface area is 129 Å². The van der Waals surface area contributed by atoms with Crippen LogP contribution >= 0.6 is 0 Å². The van der Waals surface area contributed by atoms with Gasteiger partial charge < -0.3 is 14.4 Å². The molecule has 2 fully saturated rings. The molecular formula is C16H20N4O2. The van der Waals surface area contributed by atoms with Crippen molar-refractivity contribution >= 4 is 5.69 Å². The number of nitrogens with zero attached hydrogens (tertiary/aromatic N) is 4. The van der Waals surface area contributed by atoms with Gasteiger partial charge in [-0.15, -0.1) is 10.2 Å². The quantitative estimate of drug-likeness (QED) is 0.931. The summed E-state index contributed by atoms with van der Waals surface area (Å²) in [5, 5.41) is 18.2. The third kappa shape index (κ3) is 2.78. The smallest absolute Gasteiger partial charge is 0.230 e. The zero-order valence-corrected chi connectivity index (χ0v) is 12.5. The lowest BCUT2D eigenvalue weighted by molar-refractivity contribution is 0.223. The number of piperazine rings is 1. The molecule has 1 aromatic heterocycles. The number of benzene rings is 1. The lowest BCUT2D eigenvalue weighted by atomic mass is 10.2. The minimum Gasteiger partial charge on any atom is -0.506 e. The number of hydrogen-bond acceptors (Lipinski definition) is 6. The van der Waals surface area contributed by atoms with Gasteiger partial charge in [0.1, 0.15) is 5.75 Å². The van der Waals surface area contributed by atoms with Crippen molar-refractivity contribution in [2.24, 2.45) is 0 Å². The van der Waals surface area contributed by atoms with E-state index in [1.165, 1.54) is 12.8 Å². The van der Waals surface area contributed by atoms with Crippen LogP contribution in [0.25, 0.3) is 0 Å². The van der Waals surface area contributed by atoms with Gasteiger partial charge in [0, 0.05) is 32.1 Å². The van der Waals surface area contributed by atoms with Crippen LogP contribution < -0.4 is 4.90 Å². The summed E-state index contributed by atoms with van der Waals surface area (Å²) >= 11 is 0. The maximum Gasteiger partial charge on any atom is 0.230 e. The molecule has 0 amide bonds.